The zero-order chi connectivity index (χ0) is 13.8. The van der Waals surface area contributed by atoms with Crippen molar-refractivity contribution >= 4 is 22.9 Å². The number of nitrogens with zero attached hydrogens (tertiary/aromatic N) is 3. The Hall–Kier alpha value is -1.63. The molecule has 0 bridgehead atoms. The minimum absolute atomic E-state index is 0.00558. The Kier molecular flexibility index (Phi) is 4.15. The van der Waals surface area contributed by atoms with Gasteiger partial charge in [-0.2, -0.15) is 0 Å². The predicted molar refractivity (Wildman–Crippen MR) is 77.9 cm³/mol. The van der Waals surface area contributed by atoms with Gasteiger partial charge in [0.1, 0.15) is 11.8 Å². The lowest BCUT2D eigenvalue weighted by Crippen LogP contribution is -2.25. The Morgan fingerprint density at radius 1 is 1.40 bits per heavy atom. The molecule has 0 fully saturated rings. The van der Waals surface area contributed by atoms with Crippen LogP contribution in [0.4, 0.5) is 0 Å². The van der Waals surface area contributed by atoms with Crippen LogP contribution < -0.4 is 5.32 Å². The summed E-state index contributed by atoms with van der Waals surface area (Å²) in [7, 11) is 0. The van der Waals surface area contributed by atoms with Crippen LogP contribution in [0.2, 0.25) is 4.34 Å². The van der Waals surface area contributed by atoms with Crippen molar-refractivity contribution in [3.05, 3.63) is 57.9 Å². The number of halogens is 1. The average molecular weight is 309 g/mol. The molecule has 0 aliphatic heterocycles. The molecule has 3 heterocycles. The number of hydrogen-bond acceptors (Lipinski definition) is 5. The van der Waals surface area contributed by atoms with Crippen molar-refractivity contribution in [2.75, 3.05) is 6.54 Å². The minimum atomic E-state index is 0.00558. The van der Waals surface area contributed by atoms with Gasteiger partial charge in [-0.25, -0.2) is 0 Å². The van der Waals surface area contributed by atoms with Crippen molar-refractivity contribution in [2.24, 2.45) is 0 Å². The Bertz CT molecular complexity index is 635. The number of aromatic nitrogens is 3. The highest BCUT2D eigenvalue weighted by atomic mass is 35.5. The second-order valence-corrected chi connectivity index (χ2v) is 5.96. The highest BCUT2D eigenvalue weighted by molar-refractivity contribution is 7.16. The summed E-state index contributed by atoms with van der Waals surface area (Å²) < 4.78 is 8.07. The molecular formula is C13H13ClN4OS. The van der Waals surface area contributed by atoms with Crippen molar-refractivity contribution in [1.82, 2.24) is 20.3 Å². The Labute approximate surface area is 125 Å². The average Bonchev–Trinajstić information content (AvgIpc) is 3.17. The van der Waals surface area contributed by atoms with Gasteiger partial charge >= 0.3 is 0 Å². The first-order chi connectivity index (χ1) is 9.83. The van der Waals surface area contributed by atoms with E-state index in [0.717, 1.165) is 28.1 Å². The summed E-state index contributed by atoms with van der Waals surface area (Å²) in [5.41, 5.74) is 0. The van der Waals surface area contributed by atoms with Crippen LogP contribution in [0, 0.1) is 0 Å². The molecule has 1 unspecified atom stereocenters. The maximum Gasteiger partial charge on any atom is 0.126 e. The molecule has 0 aromatic carbocycles. The summed E-state index contributed by atoms with van der Waals surface area (Å²) in [5, 5.41) is 11.2. The van der Waals surface area contributed by atoms with Gasteiger partial charge in [-0.3, -0.25) is 4.68 Å². The third-order valence-corrected chi connectivity index (χ3v) is 4.16. The highest BCUT2D eigenvalue weighted by Crippen LogP contribution is 2.31. The maximum atomic E-state index is 6.02. The predicted octanol–water partition coefficient (Wildman–Crippen LogP) is 2.97. The first kappa shape index (κ1) is 13.4. The molecule has 0 saturated heterocycles. The summed E-state index contributed by atoms with van der Waals surface area (Å²) in [6.45, 7) is 1.50. The van der Waals surface area contributed by atoms with E-state index in [9.17, 15) is 0 Å². The third kappa shape index (κ3) is 3.09. The minimum Gasteiger partial charge on any atom is -0.467 e. The van der Waals surface area contributed by atoms with Gasteiger partial charge in [0.2, 0.25) is 0 Å². The van der Waals surface area contributed by atoms with Crippen LogP contribution in [0.5, 0.6) is 0 Å². The van der Waals surface area contributed by atoms with Gasteiger partial charge in [-0.1, -0.05) is 16.8 Å². The molecule has 7 heteroatoms. The van der Waals surface area contributed by atoms with Crippen LogP contribution in [-0.4, -0.2) is 21.5 Å². The van der Waals surface area contributed by atoms with Crippen LogP contribution in [0.1, 0.15) is 16.7 Å². The van der Waals surface area contributed by atoms with E-state index in [1.165, 1.54) is 0 Å². The van der Waals surface area contributed by atoms with Crippen molar-refractivity contribution in [3.8, 4) is 0 Å². The summed E-state index contributed by atoms with van der Waals surface area (Å²) >= 11 is 7.57. The van der Waals surface area contributed by atoms with Gasteiger partial charge in [0.25, 0.3) is 0 Å². The Balaban J connectivity index is 1.70. The zero-order valence-corrected chi connectivity index (χ0v) is 12.1. The molecule has 3 aromatic rings. The number of furan rings is 1. The first-order valence-electron chi connectivity index (χ1n) is 6.19. The van der Waals surface area contributed by atoms with Gasteiger partial charge < -0.3 is 9.73 Å². The molecule has 5 nitrogen and oxygen atoms in total. The second-order valence-electron chi connectivity index (χ2n) is 4.21. The van der Waals surface area contributed by atoms with E-state index in [2.05, 4.69) is 15.6 Å². The molecule has 1 atom stereocenters. The number of thiophene rings is 1. The summed E-state index contributed by atoms with van der Waals surface area (Å²) in [4.78, 5) is 1.13. The molecule has 0 saturated carbocycles. The van der Waals surface area contributed by atoms with E-state index in [1.54, 1.807) is 28.5 Å². The molecule has 0 amide bonds. The number of rotatable bonds is 6. The van der Waals surface area contributed by atoms with E-state index in [4.69, 9.17) is 16.0 Å². The Morgan fingerprint density at radius 3 is 3.00 bits per heavy atom. The van der Waals surface area contributed by atoms with E-state index < -0.39 is 0 Å². The smallest absolute Gasteiger partial charge is 0.126 e. The van der Waals surface area contributed by atoms with Gasteiger partial charge in [-0.15, -0.1) is 16.4 Å². The Morgan fingerprint density at radius 2 is 2.35 bits per heavy atom. The largest absolute Gasteiger partial charge is 0.467 e. The van der Waals surface area contributed by atoms with E-state index in [-0.39, 0.29) is 6.04 Å². The monoisotopic (exact) mass is 308 g/mol. The van der Waals surface area contributed by atoms with Gasteiger partial charge in [0.05, 0.1) is 23.3 Å². The zero-order valence-electron chi connectivity index (χ0n) is 10.6. The van der Waals surface area contributed by atoms with Crippen LogP contribution in [0.15, 0.2) is 47.3 Å². The lowest BCUT2D eigenvalue weighted by molar-refractivity contribution is 0.435. The summed E-state index contributed by atoms with van der Waals surface area (Å²) in [6.07, 6.45) is 5.19. The molecule has 104 valence electrons. The fraction of sp³-hybridized carbons (Fsp3) is 0.231. The van der Waals surface area contributed by atoms with Crippen LogP contribution in [0.25, 0.3) is 0 Å². The van der Waals surface area contributed by atoms with E-state index >= 15 is 0 Å². The quantitative estimate of drug-likeness (QED) is 0.760. The number of nitrogens with one attached hydrogen (secondary N) is 1. The van der Waals surface area contributed by atoms with Crippen LogP contribution >= 0.6 is 22.9 Å². The van der Waals surface area contributed by atoms with Gasteiger partial charge in [0, 0.05) is 17.6 Å². The third-order valence-electron chi connectivity index (χ3n) is 2.87. The molecule has 0 spiro atoms. The van der Waals surface area contributed by atoms with Crippen LogP contribution in [0.3, 0.4) is 0 Å². The lowest BCUT2D eigenvalue weighted by atomic mass is 10.2. The topological polar surface area (TPSA) is 55.9 Å². The lowest BCUT2D eigenvalue weighted by Gasteiger charge is -2.15. The highest BCUT2D eigenvalue weighted by Gasteiger charge is 2.18. The number of hydrogen-bond donors (Lipinski definition) is 1. The molecule has 0 aliphatic rings. The molecule has 20 heavy (non-hydrogen) atoms. The summed E-state index contributed by atoms with van der Waals surface area (Å²) in [5.74, 6) is 0.877. The first-order valence-corrected chi connectivity index (χ1v) is 7.38. The van der Waals surface area contributed by atoms with Crippen molar-refractivity contribution in [2.45, 2.75) is 12.6 Å². The summed E-state index contributed by atoms with van der Waals surface area (Å²) in [6, 6.07) is 7.77. The SMILES string of the molecule is Clc1ccc(C(NCCn2ccnn2)c2ccco2)s1. The van der Waals surface area contributed by atoms with Crippen molar-refractivity contribution in [1.29, 1.82) is 0 Å². The maximum absolute atomic E-state index is 6.02. The molecule has 0 radical (unpaired) electrons. The second kappa shape index (κ2) is 6.21. The van der Waals surface area contributed by atoms with Crippen molar-refractivity contribution in [3.63, 3.8) is 0 Å². The van der Waals surface area contributed by atoms with E-state index in [0.29, 0.717) is 0 Å². The molecule has 3 rings (SSSR count). The van der Waals surface area contributed by atoms with E-state index in [1.807, 2.05) is 30.5 Å². The molecule has 3 aromatic heterocycles. The standard InChI is InChI=1S/C13H13ClN4OS/c14-12-4-3-11(20-12)13(10-2-1-9-19-10)15-5-7-18-8-6-16-17-18/h1-4,6,8-9,13,15H,5,7H2. The fourth-order valence-electron chi connectivity index (χ4n) is 1.96. The molecule has 0 aliphatic carbocycles. The van der Waals surface area contributed by atoms with Gasteiger partial charge in [-0.05, 0) is 24.3 Å². The molecular weight excluding hydrogens is 296 g/mol. The van der Waals surface area contributed by atoms with Crippen LogP contribution in [-0.2, 0) is 6.54 Å². The normalized spacial score (nSPS) is 12.7. The fourth-order valence-corrected chi connectivity index (χ4v) is 3.10. The molecule has 1 N–H and O–H groups in total. The van der Waals surface area contributed by atoms with Crippen molar-refractivity contribution < 1.29 is 4.42 Å². The van der Waals surface area contributed by atoms with Gasteiger partial charge in [0.15, 0.2) is 0 Å².